The molecule has 0 radical (unpaired) electrons. The summed E-state index contributed by atoms with van der Waals surface area (Å²) in [5, 5.41) is 17.4. The Morgan fingerprint density at radius 2 is 1.77 bits per heavy atom. The van der Waals surface area contributed by atoms with Crippen LogP contribution in [0, 0.1) is 0 Å². The van der Waals surface area contributed by atoms with Crippen LogP contribution in [0.4, 0.5) is 4.39 Å². The molecule has 0 saturated heterocycles. The molecule has 0 aromatic carbocycles. The van der Waals surface area contributed by atoms with Gasteiger partial charge >= 0.3 is 7.12 Å². The highest BCUT2D eigenvalue weighted by Crippen LogP contribution is 2.18. The van der Waals surface area contributed by atoms with E-state index in [0.29, 0.717) is 0 Å². The highest BCUT2D eigenvalue weighted by molar-refractivity contribution is 6.58. The molecule has 0 unspecified atom stereocenters. The lowest BCUT2D eigenvalue weighted by atomic mass is 9.83. The lowest BCUT2D eigenvalue weighted by Gasteiger charge is -2.11. The minimum Gasteiger partial charge on any atom is -0.423 e. The first-order valence-corrected chi connectivity index (χ1v) is 3.79. The third-order valence-corrected chi connectivity index (χ3v) is 1.50. The number of hydrogen-bond acceptors (Lipinski definition) is 4. The van der Waals surface area contributed by atoms with Crippen LogP contribution in [0.25, 0.3) is 0 Å². The van der Waals surface area contributed by atoms with Crippen molar-refractivity contribution in [2.45, 2.75) is 19.5 Å². The van der Waals surface area contributed by atoms with Gasteiger partial charge in [0.15, 0.2) is 11.5 Å². The highest BCUT2D eigenvalue weighted by Gasteiger charge is 2.23. The van der Waals surface area contributed by atoms with Gasteiger partial charge < -0.3 is 10.0 Å². The molecule has 0 spiro atoms. The van der Waals surface area contributed by atoms with Gasteiger partial charge in [0, 0.05) is 17.9 Å². The minimum absolute atomic E-state index is 0.0249. The van der Waals surface area contributed by atoms with Crippen LogP contribution in [0.3, 0.4) is 0 Å². The summed E-state index contributed by atoms with van der Waals surface area (Å²) in [6.45, 7) is 2.66. The maximum atomic E-state index is 13.2. The maximum Gasteiger partial charge on any atom is 0.491 e. The zero-order chi connectivity index (χ0) is 10.1. The van der Waals surface area contributed by atoms with E-state index in [0.717, 1.165) is 0 Å². The second-order valence-corrected chi connectivity index (χ2v) is 3.19. The molecule has 0 aliphatic heterocycles. The summed E-state index contributed by atoms with van der Waals surface area (Å²) in [5.41, 5.74) is -1.47. The van der Waals surface area contributed by atoms with E-state index in [4.69, 9.17) is 10.0 Å². The third-order valence-electron chi connectivity index (χ3n) is 1.50. The molecule has 0 fully saturated rings. The van der Waals surface area contributed by atoms with Crippen LogP contribution in [-0.2, 0) is 5.67 Å². The molecule has 4 nitrogen and oxygen atoms in total. The van der Waals surface area contributed by atoms with Gasteiger partial charge in [-0.25, -0.2) is 14.4 Å². The van der Waals surface area contributed by atoms with E-state index in [1.54, 1.807) is 0 Å². The Hall–Kier alpha value is -1.01. The zero-order valence-electron chi connectivity index (χ0n) is 7.40. The average molecular weight is 184 g/mol. The number of alkyl halides is 1. The average Bonchev–Trinajstić information content (AvgIpc) is 2.03. The normalized spacial score (nSPS) is 11.5. The molecule has 1 heterocycles. The lowest BCUT2D eigenvalue weighted by molar-refractivity contribution is 0.206. The zero-order valence-corrected chi connectivity index (χ0v) is 7.40. The molecule has 0 aliphatic rings. The second kappa shape index (κ2) is 3.39. The smallest absolute Gasteiger partial charge is 0.423 e. The molecule has 2 N–H and O–H groups in total. The molecule has 13 heavy (non-hydrogen) atoms. The van der Waals surface area contributed by atoms with Crippen molar-refractivity contribution < 1.29 is 14.4 Å². The van der Waals surface area contributed by atoms with Gasteiger partial charge in [0.1, 0.15) is 0 Å². The Kier molecular flexibility index (Phi) is 2.63. The van der Waals surface area contributed by atoms with Crippen LogP contribution < -0.4 is 5.46 Å². The molecule has 6 heteroatoms. The van der Waals surface area contributed by atoms with Crippen LogP contribution in [0.15, 0.2) is 12.4 Å². The Morgan fingerprint density at radius 3 is 2.08 bits per heavy atom. The fourth-order valence-corrected chi connectivity index (χ4v) is 0.778. The third kappa shape index (κ3) is 2.47. The largest absolute Gasteiger partial charge is 0.491 e. The predicted molar refractivity (Wildman–Crippen MR) is 46.0 cm³/mol. The molecular formula is C7H10BFN2O2. The van der Waals surface area contributed by atoms with Crippen molar-refractivity contribution in [3.05, 3.63) is 18.2 Å². The van der Waals surface area contributed by atoms with E-state index in [1.807, 2.05) is 0 Å². The molecule has 1 rings (SSSR count). The first-order chi connectivity index (χ1) is 5.91. The minimum atomic E-state index is -1.61. The van der Waals surface area contributed by atoms with Gasteiger partial charge in [0.2, 0.25) is 0 Å². The summed E-state index contributed by atoms with van der Waals surface area (Å²) in [6.07, 6.45) is 2.38. The van der Waals surface area contributed by atoms with Gasteiger partial charge in [-0.3, -0.25) is 0 Å². The molecule has 70 valence electrons. The fraction of sp³-hybridized carbons (Fsp3) is 0.429. The van der Waals surface area contributed by atoms with Crippen LogP contribution in [0.2, 0.25) is 0 Å². The number of hydrogen-bond donors (Lipinski definition) is 2. The molecule has 0 amide bonds. The Morgan fingerprint density at radius 1 is 1.31 bits per heavy atom. The Labute approximate surface area is 75.6 Å². The van der Waals surface area contributed by atoms with E-state index < -0.39 is 12.8 Å². The molecule has 0 saturated carbocycles. The summed E-state index contributed by atoms with van der Waals surface area (Å²) in [6, 6.07) is 0. The SMILES string of the molecule is CC(C)(F)c1ncc(B(O)O)cn1. The van der Waals surface area contributed by atoms with Gasteiger partial charge in [0.05, 0.1) is 0 Å². The second-order valence-electron chi connectivity index (χ2n) is 3.19. The van der Waals surface area contributed by atoms with Crippen molar-refractivity contribution in [3.8, 4) is 0 Å². The van der Waals surface area contributed by atoms with E-state index in [-0.39, 0.29) is 11.3 Å². The van der Waals surface area contributed by atoms with E-state index in [9.17, 15) is 4.39 Å². The molecule has 0 atom stereocenters. The van der Waals surface area contributed by atoms with Crippen LogP contribution in [-0.4, -0.2) is 27.1 Å². The summed E-state index contributed by atoms with van der Waals surface area (Å²) < 4.78 is 13.2. The number of aromatic nitrogens is 2. The summed E-state index contributed by atoms with van der Waals surface area (Å²) >= 11 is 0. The van der Waals surface area contributed by atoms with Gasteiger partial charge in [0.25, 0.3) is 0 Å². The van der Waals surface area contributed by atoms with Crippen molar-refractivity contribution in [3.63, 3.8) is 0 Å². The van der Waals surface area contributed by atoms with Crippen molar-refractivity contribution in [2.75, 3.05) is 0 Å². The summed E-state index contributed by atoms with van der Waals surface area (Å²) in [5.74, 6) is 0.0249. The van der Waals surface area contributed by atoms with Gasteiger partial charge in [-0.15, -0.1) is 0 Å². The maximum absolute atomic E-state index is 13.2. The molecule has 0 bridgehead atoms. The van der Waals surface area contributed by atoms with Gasteiger partial charge in [-0.1, -0.05) is 0 Å². The quantitative estimate of drug-likeness (QED) is 0.600. The van der Waals surface area contributed by atoms with Crippen molar-refractivity contribution in [1.82, 2.24) is 9.97 Å². The Balaban J connectivity index is 2.94. The molecule has 0 aliphatic carbocycles. The fourth-order valence-electron chi connectivity index (χ4n) is 0.778. The number of rotatable bonds is 2. The van der Waals surface area contributed by atoms with Crippen LogP contribution >= 0.6 is 0 Å². The first-order valence-electron chi connectivity index (χ1n) is 3.79. The first kappa shape index (κ1) is 10.1. The molecule has 1 aromatic rings. The molecule has 1 aromatic heterocycles. The van der Waals surface area contributed by atoms with Gasteiger partial charge in [-0.05, 0) is 13.8 Å². The summed E-state index contributed by atoms with van der Waals surface area (Å²) in [4.78, 5) is 7.33. The van der Waals surface area contributed by atoms with Crippen molar-refractivity contribution in [1.29, 1.82) is 0 Å². The van der Waals surface area contributed by atoms with Crippen LogP contribution in [0.1, 0.15) is 19.7 Å². The van der Waals surface area contributed by atoms with Crippen molar-refractivity contribution in [2.24, 2.45) is 0 Å². The lowest BCUT2D eigenvalue weighted by Crippen LogP contribution is -2.31. The monoisotopic (exact) mass is 184 g/mol. The molecular weight excluding hydrogens is 174 g/mol. The topological polar surface area (TPSA) is 66.2 Å². The standard InChI is InChI=1S/C7H10BFN2O2/c1-7(2,9)6-10-3-5(4-11-6)8(12)13/h3-4,12-13H,1-2H3. The Bertz CT molecular complexity index is 284. The van der Waals surface area contributed by atoms with E-state index >= 15 is 0 Å². The number of halogens is 1. The predicted octanol–water partition coefficient (Wildman–Crippen LogP) is -0.639. The van der Waals surface area contributed by atoms with Gasteiger partial charge in [-0.2, -0.15) is 0 Å². The number of nitrogens with zero attached hydrogens (tertiary/aromatic N) is 2. The highest BCUT2D eigenvalue weighted by atomic mass is 19.1. The van der Waals surface area contributed by atoms with Crippen LogP contribution in [0.5, 0.6) is 0 Å². The van der Waals surface area contributed by atoms with E-state index in [1.165, 1.54) is 26.2 Å². The van der Waals surface area contributed by atoms with E-state index in [2.05, 4.69) is 9.97 Å². The van der Waals surface area contributed by atoms with Crippen molar-refractivity contribution >= 4 is 12.6 Å². The summed E-state index contributed by atoms with van der Waals surface area (Å²) in [7, 11) is -1.61.